The fourth-order valence-electron chi connectivity index (χ4n) is 2.80. The largest absolute Gasteiger partial charge is 0.335 e. The smallest absolute Gasteiger partial charge is 0.266 e. The molecule has 0 bridgehead atoms. The summed E-state index contributed by atoms with van der Waals surface area (Å²) >= 11 is 1.36. The zero-order chi connectivity index (χ0) is 16.9. The minimum atomic E-state index is -0.225. The van der Waals surface area contributed by atoms with Crippen LogP contribution >= 0.6 is 11.5 Å². The summed E-state index contributed by atoms with van der Waals surface area (Å²) in [5.74, 6) is 0.694. The zero-order valence-electron chi connectivity index (χ0n) is 14.0. The third kappa shape index (κ3) is 3.91. The molecular weight excluding hydrogens is 324 g/mol. The molecule has 6 nitrogen and oxygen atoms in total. The number of amides is 1. The second-order valence-corrected chi connectivity index (χ2v) is 6.64. The van der Waals surface area contributed by atoms with E-state index in [2.05, 4.69) is 46.0 Å². The molecule has 0 radical (unpaired) electrons. The molecular formula is C17H22N4O2S. The summed E-state index contributed by atoms with van der Waals surface area (Å²) in [5, 5.41) is 0.811. The van der Waals surface area contributed by atoms with Crippen LogP contribution in [0.3, 0.4) is 0 Å². The van der Waals surface area contributed by atoms with Crippen LogP contribution in [-0.2, 0) is 16.1 Å². The number of benzene rings is 1. The number of carbonyl (C=O) groups is 1. The van der Waals surface area contributed by atoms with E-state index in [-0.39, 0.29) is 11.9 Å². The van der Waals surface area contributed by atoms with Gasteiger partial charge in [-0.15, -0.1) is 0 Å². The minimum absolute atomic E-state index is 0.107. The Balaban J connectivity index is 1.67. The summed E-state index contributed by atoms with van der Waals surface area (Å²) in [6.07, 6.45) is 2.49. The highest BCUT2D eigenvalue weighted by atomic mass is 32.1. The lowest BCUT2D eigenvalue weighted by Crippen LogP contribution is -2.43. The van der Waals surface area contributed by atoms with Crippen molar-refractivity contribution < 1.29 is 9.63 Å². The third-order valence-electron chi connectivity index (χ3n) is 4.06. The molecule has 2 aromatic rings. The number of aromatic nitrogens is 2. The van der Waals surface area contributed by atoms with Crippen LogP contribution in [0.2, 0.25) is 0 Å². The molecule has 1 atom stereocenters. The van der Waals surface area contributed by atoms with Gasteiger partial charge in [-0.1, -0.05) is 29.8 Å². The van der Waals surface area contributed by atoms with E-state index < -0.39 is 0 Å². The molecule has 0 aliphatic carbocycles. The molecule has 1 saturated heterocycles. The predicted octanol–water partition coefficient (Wildman–Crippen LogP) is 2.47. The van der Waals surface area contributed by atoms with Crippen LogP contribution in [0.1, 0.15) is 36.7 Å². The maximum atomic E-state index is 12.2. The van der Waals surface area contributed by atoms with E-state index >= 15 is 0 Å². The van der Waals surface area contributed by atoms with Crippen molar-refractivity contribution in [3.05, 3.63) is 41.2 Å². The second-order valence-electron chi connectivity index (χ2n) is 5.91. The Morgan fingerprint density at radius 3 is 2.96 bits per heavy atom. The highest BCUT2D eigenvalue weighted by Gasteiger charge is 2.33. The van der Waals surface area contributed by atoms with Crippen LogP contribution in [0.4, 0.5) is 5.13 Å². The lowest BCUT2D eigenvalue weighted by Gasteiger charge is -2.22. The Bertz CT molecular complexity index is 686. The maximum absolute atomic E-state index is 12.2. The van der Waals surface area contributed by atoms with Crippen molar-refractivity contribution >= 4 is 22.6 Å². The molecule has 128 valence electrons. The van der Waals surface area contributed by atoms with Crippen LogP contribution in [-0.4, -0.2) is 34.5 Å². The first-order valence-electron chi connectivity index (χ1n) is 8.23. The lowest BCUT2D eigenvalue weighted by atomic mass is 10.1. The number of nitrogens with zero attached hydrogens (tertiary/aromatic N) is 3. The molecule has 3 rings (SSSR count). The number of nitrogens with one attached hydrogen (secondary N) is 1. The van der Waals surface area contributed by atoms with E-state index in [4.69, 9.17) is 4.84 Å². The van der Waals surface area contributed by atoms with Gasteiger partial charge in [0.2, 0.25) is 5.13 Å². The van der Waals surface area contributed by atoms with Gasteiger partial charge in [0.15, 0.2) is 0 Å². The zero-order valence-corrected chi connectivity index (χ0v) is 14.8. The van der Waals surface area contributed by atoms with Crippen molar-refractivity contribution in [1.29, 1.82) is 0 Å². The third-order valence-corrected chi connectivity index (χ3v) is 4.85. The standard InChI is InChI=1S/C17H22N4O2S/c1-3-23-19-16(22)14-5-4-10-21(14)17-18-15(20-24-17)11-13-8-6-12(2)7-9-13/h6-9,14H,3-5,10-11H2,1-2H3,(H,19,22). The first kappa shape index (κ1) is 16.9. The molecule has 1 aromatic heterocycles. The summed E-state index contributed by atoms with van der Waals surface area (Å²) in [7, 11) is 0. The monoisotopic (exact) mass is 346 g/mol. The molecule has 1 aliphatic rings. The van der Waals surface area contributed by atoms with Gasteiger partial charge in [-0.25, -0.2) is 10.5 Å². The maximum Gasteiger partial charge on any atom is 0.266 e. The summed E-state index contributed by atoms with van der Waals surface area (Å²) in [5.41, 5.74) is 4.94. The Morgan fingerprint density at radius 2 is 2.21 bits per heavy atom. The fraction of sp³-hybridized carbons (Fsp3) is 0.471. The molecule has 0 spiro atoms. The minimum Gasteiger partial charge on any atom is -0.335 e. The van der Waals surface area contributed by atoms with Crippen molar-refractivity contribution in [2.75, 3.05) is 18.1 Å². The molecule has 24 heavy (non-hydrogen) atoms. The van der Waals surface area contributed by atoms with Crippen LogP contribution < -0.4 is 10.4 Å². The van der Waals surface area contributed by atoms with Gasteiger partial charge in [-0.05, 0) is 32.3 Å². The first-order chi connectivity index (χ1) is 11.7. The molecule has 7 heteroatoms. The summed E-state index contributed by atoms with van der Waals surface area (Å²) < 4.78 is 4.46. The van der Waals surface area contributed by atoms with Gasteiger partial charge < -0.3 is 4.90 Å². The Kier molecular flexibility index (Phi) is 5.42. The molecule has 1 fully saturated rings. The van der Waals surface area contributed by atoms with Gasteiger partial charge in [0.25, 0.3) is 5.91 Å². The Morgan fingerprint density at radius 1 is 1.42 bits per heavy atom. The van der Waals surface area contributed by atoms with Crippen LogP contribution in [0.15, 0.2) is 24.3 Å². The van der Waals surface area contributed by atoms with Crippen LogP contribution in [0.25, 0.3) is 0 Å². The predicted molar refractivity (Wildman–Crippen MR) is 94.0 cm³/mol. The SMILES string of the molecule is CCONC(=O)C1CCCN1c1nc(Cc2ccc(C)cc2)ns1. The number of hydrogen-bond donors (Lipinski definition) is 1. The van der Waals surface area contributed by atoms with Gasteiger partial charge in [0.05, 0.1) is 6.61 Å². The number of rotatable bonds is 6. The van der Waals surface area contributed by atoms with Crippen LogP contribution in [0.5, 0.6) is 0 Å². The topological polar surface area (TPSA) is 67.3 Å². The Hall–Kier alpha value is -1.99. The summed E-state index contributed by atoms with van der Waals surface area (Å²) in [6, 6.07) is 8.17. The van der Waals surface area contributed by atoms with E-state index in [1.807, 2.05) is 11.8 Å². The van der Waals surface area contributed by atoms with E-state index in [1.165, 1.54) is 22.7 Å². The van der Waals surface area contributed by atoms with Gasteiger partial charge in [0.1, 0.15) is 11.9 Å². The van der Waals surface area contributed by atoms with Gasteiger partial charge >= 0.3 is 0 Å². The van der Waals surface area contributed by atoms with E-state index in [9.17, 15) is 4.79 Å². The van der Waals surface area contributed by atoms with Gasteiger partial charge in [0, 0.05) is 24.5 Å². The molecule has 1 amide bonds. The number of anilines is 1. The van der Waals surface area contributed by atoms with Crippen LogP contribution in [0, 0.1) is 6.92 Å². The van der Waals surface area contributed by atoms with Crippen molar-refractivity contribution in [2.45, 2.75) is 39.2 Å². The molecule has 0 saturated carbocycles. The van der Waals surface area contributed by atoms with E-state index in [0.717, 1.165) is 30.3 Å². The first-order valence-corrected chi connectivity index (χ1v) is 9.01. The molecule has 1 aliphatic heterocycles. The van der Waals surface area contributed by atoms with Gasteiger partial charge in [-0.2, -0.15) is 4.37 Å². The van der Waals surface area contributed by atoms with Crippen molar-refractivity contribution in [1.82, 2.24) is 14.8 Å². The number of aryl methyl sites for hydroxylation is 1. The quantitative estimate of drug-likeness (QED) is 0.814. The molecule has 1 aromatic carbocycles. The number of carbonyl (C=O) groups excluding carboxylic acids is 1. The summed E-state index contributed by atoms with van der Waals surface area (Å²) in [6.45, 7) is 5.19. The lowest BCUT2D eigenvalue weighted by molar-refractivity contribution is -0.134. The normalized spacial score (nSPS) is 17.2. The second kappa shape index (κ2) is 7.72. The average molecular weight is 346 g/mol. The molecule has 1 unspecified atom stereocenters. The molecule has 1 N–H and O–H groups in total. The highest BCUT2D eigenvalue weighted by molar-refractivity contribution is 7.09. The average Bonchev–Trinajstić information content (AvgIpc) is 3.23. The molecule has 2 heterocycles. The van der Waals surface area contributed by atoms with Crippen molar-refractivity contribution in [2.24, 2.45) is 0 Å². The van der Waals surface area contributed by atoms with Gasteiger partial charge in [-0.3, -0.25) is 9.63 Å². The van der Waals surface area contributed by atoms with E-state index in [0.29, 0.717) is 13.0 Å². The Labute approximate surface area is 146 Å². The van der Waals surface area contributed by atoms with Crippen molar-refractivity contribution in [3.8, 4) is 0 Å². The fourth-order valence-corrected chi connectivity index (χ4v) is 3.56. The number of hydroxylamine groups is 1. The summed E-state index contributed by atoms with van der Waals surface area (Å²) in [4.78, 5) is 23.9. The highest BCUT2D eigenvalue weighted by Crippen LogP contribution is 2.27. The number of hydrogen-bond acceptors (Lipinski definition) is 6. The van der Waals surface area contributed by atoms with E-state index in [1.54, 1.807) is 0 Å². The van der Waals surface area contributed by atoms with Crippen molar-refractivity contribution in [3.63, 3.8) is 0 Å².